The van der Waals surface area contributed by atoms with Gasteiger partial charge in [-0.15, -0.1) is 0 Å². The minimum atomic E-state index is -3.03. The molecule has 0 bridgehead atoms. The first kappa shape index (κ1) is 12.5. The van der Waals surface area contributed by atoms with E-state index in [-0.39, 0.29) is 5.56 Å². The zero-order valence-corrected chi connectivity index (χ0v) is 9.64. The Bertz CT molecular complexity index is 514. The van der Waals surface area contributed by atoms with Crippen molar-refractivity contribution in [1.29, 1.82) is 0 Å². The molecule has 0 aliphatic carbocycles. The summed E-state index contributed by atoms with van der Waals surface area (Å²) in [5, 5.41) is 0. The normalized spacial score (nSPS) is 11.3. The van der Waals surface area contributed by atoms with E-state index in [0.29, 0.717) is 11.5 Å². The van der Waals surface area contributed by atoms with E-state index in [1.807, 2.05) is 18.2 Å². The summed E-state index contributed by atoms with van der Waals surface area (Å²) in [7, 11) is 0. The Kier molecular flexibility index (Phi) is 3.58. The number of halogens is 2. The molecule has 0 unspecified atom stereocenters. The van der Waals surface area contributed by atoms with Crippen molar-refractivity contribution < 1.29 is 13.5 Å². The lowest BCUT2D eigenvalue weighted by atomic mass is 10.1. The number of para-hydroxylation sites is 1. The van der Waals surface area contributed by atoms with E-state index in [1.165, 1.54) is 18.2 Å². The van der Waals surface area contributed by atoms with Crippen LogP contribution in [0.4, 0.5) is 8.78 Å². The van der Waals surface area contributed by atoms with Crippen LogP contribution in [0.3, 0.4) is 0 Å². The van der Waals surface area contributed by atoms with Crippen LogP contribution in [-0.4, -0.2) is 6.54 Å². The first-order valence-electron chi connectivity index (χ1n) is 5.53. The van der Waals surface area contributed by atoms with Crippen molar-refractivity contribution in [2.75, 3.05) is 6.54 Å². The number of nitrogens with two attached hydrogens (primary N) is 1. The molecule has 0 radical (unpaired) electrons. The van der Waals surface area contributed by atoms with Gasteiger partial charge in [-0.1, -0.05) is 30.3 Å². The average molecular weight is 249 g/mol. The molecule has 4 heteroatoms. The molecule has 0 aromatic heterocycles. The highest BCUT2D eigenvalue weighted by Crippen LogP contribution is 2.30. The number of hydrogen-bond donors (Lipinski definition) is 1. The van der Waals surface area contributed by atoms with Gasteiger partial charge in [0.2, 0.25) is 0 Å². The van der Waals surface area contributed by atoms with Crippen molar-refractivity contribution in [3.05, 3.63) is 60.2 Å². The molecule has 94 valence electrons. The number of hydrogen-bond acceptors (Lipinski definition) is 2. The van der Waals surface area contributed by atoms with Gasteiger partial charge in [0.25, 0.3) is 5.92 Å². The van der Waals surface area contributed by atoms with Crippen molar-refractivity contribution in [2.45, 2.75) is 5.92 Å². The second-order valence-electron chi connectivity index (χ2n) is 3.85. The summed E-state index contributed by atoms with van der Waals surface area (Å²) < 4.78 is 32.3. The fraction of sp³-hybridized carbons (Fsp3) is 0.143. The molecular weight excluding hydrogens is 236 g/mol. The first-order valence-corrected chi connectivity index (χ1v) is 5.53. The van der Waals surface area contributed by atoms with Crippen LogP contribution >= 0.6 is 0 Å². The fourth-order valence-electron chi connectivity index (χ4n) is 1.53. The van der Waals surface area contributed by atoms with Gasteiger partial charge in [-0.05, 0) is 24.3 Å². The van der Waals surface area contributed by atoms with E-state index < -0.39 is 12.5 Å². The minimum absolute atomic E-state index is 0.140. The zero-order valence-electron chi connectivity index (χ0n) is 9.64. The van der Waals surface area contributed by atoms with Crippen LogP contribution < -0.4 is 10.5 Å². The van der Waals surface area contributed by atoms with Gasteiger partial charge in [-0.25, -0.2) is 0 Å². The third-order valence-corrected chi connectivity index (χ3v) is 2.49. The molecule has 2 rings (SSSR count). The van der Waals surface area contributed by atoms with E-state index in [0.717, 1.165) is 0 Å². The van der Waals surface area contributed by atoms with Crippen LogP contribution in [0.2, 0.25) is 0 Å². The fourth-order valence-corrected chi connectivity index (χ4v) is 1.53. The zero-order chi connectivity index (χ0) is 13.0. The monoisotopic (exact) mass is 249 g/mol. The summed E-state index contributed by atoms with van der Waals surface area (Å²) >= 11 is 0. The molecule has 0 heterocycles. The van der Waals surface area contributed by atoms with Crippen molar-refractivity contribution in [1.82, 2.24) is 0 Å². The molecule has 0 atom stereocenters. The number of ether oxygens (including phenoxy) is 1. The van der Waals surface area contributed by atoms with Crippen molar-refractivity contribution in [2.24, 2.45) is 5.73 Å². The van der Waals surface area contributed by atoms with Crippen LogP contribution in [0.5, 0.6) is 11.5 Å². The quantitative estimate of drug-likeness (QED) is 0.899. The molecule has 2 aromatic carbocycles. The van der Waals surface area contributed by atoms with Gasteiger partial charge in [0.05, 0.1) is 6.54 Å². The SMILES string of the molecule is NCC(F)(F)c1cccc(Oc2ccccc2)c1. The van der Waals surface area contributed by atoms with E-state index in [1.54, 1.807) is 18.2 Å². The van der Waals surface area contributed by atoms with Gasteiger partial charge in [0.15, 0.2) is 0 Å². The maximum Gasteiger partial charge on any atom is 0.285 e. The summed E-state index contributed by atoms with van der Waals surface area (Å²) in [6.07, 6.45) is 0. The number of rotatable bonds is 4. The predicted octanol–water partition coefficient (Wildman–Crippen LogP) is 3.53. The van der Waals surface area contributed by atoms with Crippen LogP contribution in [0.25, 0.3) is 0 Å². The summed E-state index contributed by atoms with van der Waals surface area (Å²) in [4.78, 5) is 0. The molecule has 0 fully saturated rings. The Balaban J connectivity index is 2.23. The lowest BCUT2D eigenvalue weighted by molar-refractivity contribution is 0.00578. The van der Waals surface area contributed by atoms with Gasteiger partial charge < -0.3 is 10.5 Å². The summed E-state index contributed by atoms with van der Waals surface area (Å²) in [5.74, 6) is -2.06. The van der Waals surface area contributed by atoms with Crippen molar-refractivity contribution in [3.63, 3.8) is 0 Å². The van der Waals surface area contributed by atoms with Gasteiger partial charge in [0, 0.05) is 5.56 Å². The maximum absolute atomic E-state index is 13.4. The van der Waals surface area contributed by atoms with E-state index >= 15 is 0 Å². The third kappa shape index (κ3) is 2.84. The van der Waals surface area contributed by atoms with Crippen molar-refractivity contribution >= 4 is 0 Å². The van der Waals surface area contributed by atoms with Crippen LogP contribution in [0.15, 0.2) is 54.6 Å². The molecule has 0 aliphatic rings. The Hall–Kier alpha value is -1.94. The second-order valence-corrected chi connectivity index (χ2v) is 3.85. The predicted molar refractivity (Wildman–Crippen MR) is 65.9 cm³/mol. The second kappa shape index (κ2) is 5.14. The summed E-state index contributed by atoms with van der Waals surface area (Å²) in [5.41, 5.74) is 4.91. The summed E-state index contributed by atoms with van der Waals surface area (Å²) in [6, 6.07) is 14.8. The number of benzene rings is 2. The molecule has 0 saturated heterocycles. The van der Waals surface area contributed by atoms with Gasteiger partial charge in [-0.2, -0.15) is 8.78 Å². The van der Waals surface area contributed by atoms with Gasteiger partial charge in [0.1, 0.15) is 11.5 Å². The molecule has 2 N–H and O–H groups in total. The topological polar surface area (TPSA) is 35.2 Å². The first-order chi connectivity index (χ1) is 8.62. The third-order valence-electron chi connectivity index (χ3n) is 2.49. The number of alkyl halides is 2. The van der Waals surface area contributed by atoms with E-state index in [2.05, 4.69) is 0 Å². The summed E-state index contributed by atoms with van der Waals surface area (Å²) in [6.45, 7) is -0.720. The minimum Gasteiger partial charge on any atom is -0.457 e. The van der Waals surface area contributed by atoms with E-state index in [4.69, 9.17) is 10.5 Å². The molecule has 0 spiro atoms. The standard InChI is InChI=1S/C14H13F2NO/c15-14(16,10-17)11-5-4-8-13(9-11)18-12-6-2-1-3-7-12/h1-9H,10,17H2. The Labute approximate surface area is 104 Å². The highest BCUT2D eigenvalue weighted by molar-refractivity contribution is 5.35. The largest absolute Gasteiger partial charge is 0.457 e. The van der Waals surface area contributed by atoms with E-state index in [9.17, 15) is 8.78 Å². The van der Waals surface area contributed by atoms with Crippen LogP contribution in [0.1, 0.15) is 5.56 Å². The Morgan fingerprint density at radius 1 is 0.944 bits per heavy atom. The molecule has 0 aliphatic heterocycles. The highest BCUT2D eigenvalue weighted by atomic mass is 19.3. The molecular formula is C14H13F2NO. The molecule has 2 aromatic rings. The molecule has 18 heavy (non-hydrogen) atoms. The molecule has 2 nitrogen and oxygen atoms in total. The van der Waals surface area contributed by atoms with Crippen LogP contribution in [0, 0.1) is 0 Å². The molecule has 0 saturated carbocycles. The lowest BCUT2D eigenvalue weighted by Gasteiger charge is -2.15. The molecule has 0 amide bonds. The highest BCUT2D eigenvalue weighted by Gasteiger charge is 2.29. The van der Waals surface area contributed by atoms with Crippen molar-refractivity contribution in [3.8, 4) is 11.5 Å². The van der Waals surface area contributed by atoms with Crippen LogP contribution in [-0.2, 0) is 5.92 Å². The Morgan fingerprint density at radius 2 is 1.61 bits per heavy atom. The lowest BCUT2D eigenvalue weighted by Crippen LogP contribution is -2.24. The Morgan fingerprint density at radius 3 is 2.28 bits per heavy atom. The average Bonchev–Trinajstić information content (AvgIpc) is 2.40. The maximum atomic E-state index is 13.4. The smallest absolute Gasteiger partial charge is 0.285 e. The van der Waals surface area contributed by atoms with Gasteiger partial charge >= 0.3 is 0 Å². The van der Waals surface area contributed by atoms with Gasteiger partial charge in [-0.3, -0.25) is 0 Å².